The number of fused-ring (bicyclic) bond motifs is 2. The Hall–Kier alpha value is -17.0. The number of carbonyl (C=O) groups is 14. The molecule has 0 unspecified atom stereocenters. The van der Waals surface area contributed by atoms with Crippen LogP contribution in [0.2, 0.25) is 0 Å². The molecule has 0 atom stereocenters. The summed E-state index contributed by atoms with van der Waals surface area (Å²) in [6.07, 6.45) is 11.9. The van der Waals surface area contributed by atoms with E-state index in [0.29, 0.717) is 25.1 Å². The maximum atomic E-state index is 14.5. The van der Waals surface area contributed by atoms with E-state index in [2.05, 4.69) is 110 Å². The number of nitrogen functional groups attached to an aromatic ring is 5. The molecule has 0 fully saturated rings. The van der Waals surface area contributed by atoms with Crippen molar-refractivity contribution in [3.63, 3.8) is 0 Å². The molecule has 60 heteroatoms. The zero-order chi connectivity index (χ0) is 102. The van der Waals surface area contributed by atoms with Gasteiger partial charge in [-0.1, -0.05) is 6.92 Å². The summed E-state index contributed by atoms with van der Waals surface area (Å²) in [7, 11) is 0. The monoisotopic (exact) mass is 1970 g/mol. The summed E-state index contributed by atoms with van der Waals surface area (Å²) in [5.74, 6) is -11.2. The van der Waals surface area contributed by atoms with Gasteiger partial charge in [0, 0.05) is 140 Å². The SMILES string of the molecule is CCNCCN(CC(=O)NCCN(CC(=O)NCCN(CC(=O)NCCN(CC(=O)NCCN(CC(=O)NCCN(CC(=O)NCCN(CC(=O)NCCCCS)C(=O)Cn1ccc(N)nc1=O)C(=O)Cn1cnc2c(N)ncnc21)C(=O)Cn1ccc(N)nc1=O)C(=O)Cn1cc(C)c(=O)[nH]c1=O)C(=O)Cn1cnc2c(N)ncnc21)C(=O)Cn1cc(C)c(=O)[nH]c1=O)C(=O)Cn1ccc(N)nc1=O. The second-order valence-electron chi connectivity index (χ2n) is 31.2. The van der Waals surface area contributed by atoms with Crippen LogP contribution in [0, 0.1) is 13.8 Å². The third-order valence-corrected chi connectivity index (χ3v) is 21.1. The molecule has 0 aliphatic rings. The highest BCUT2D eigenvalue weighted by Gasteiger charge is 2.29. The summed E-state index contributed by atoms with van der Waals surface area (Å²) in [5, 5.41) is 21.3. The molecule has 0 bridgehead atoms. The first kappa shape index (κ1) is 107. The summed E-state index contributed by atoms with van der Waals surface area (Å²) in [4.78, 5) is 331. The fraction of sp³-hybridized carbons (Fsp3) is 0.450. The highest BCUT2D eigenvalue weighted by Crippen LogP contribution is 2.17. The van der Waals surface area contributed by atoms with Crippen molar-refractivity contribution in [1.82, 2.24) is 164 Å². The van der Waals surface area contributed by atoms with Gasteiger partial charge in [0.05, 0.1) is 58.5 Å². The molecule has 59 nitrogen and oxygen atoms in total. The minimum Gasteiger partial charge on any atom is -0.383 e. The highest BCUT2D eigenvalue weighted by atomic mass is 32.1. The van der Waals surface area contributed by atoms with Gasteiger partial charge in [0.15, 0.2) is 22.9 Å². The third kappa shape index (κ3) is 32.6. The average Bonchev–Trinajstić information content (AvgIpc) is 1.66. The third-order valence-electron chi connectivity index (χ3n) is 20.8. The van der Waals surface area contributed by atoms with Crippen molar-refractivity contribution < 1.29 is 67.1 Å². The number of anilines is 5. The Morgan fingerprint density at radius 2 is 0.600 bits per heavy atom. The lowest BCUT2D eigenvalue weighted by molar-refractivity contribution is -0.138. The van der Waals surface area contributed by atoms with E-state index in [9.17, 15) is 101 Å². The quantitative estimate of drug-likeness (QED) is 0.0124. The smallest absolute Gasteiger partial charge is 0.349 e. The number of aromatic nitrogens is 18. The number of H-pyrrole nitrogens is 2. The minimum atomic E-state index is -1.02. The summed E-state index contributed by atoms with van der Waals surface area (Å²) in [6, 6.07) is 3.82. The predicted octanol–water partition coefficient (Wildman–Crippen LogP) is -13.0. The molecule has 20 N–H and O–H groups in total. The van der Waals surface area contributed by atoms with Gasteiger partial charge < -0.3 is 115 Å². The van der Waals surface area contributed by atoms with Crippen LogP contribution < -0.4 is 111 Å². The van der Waals surface area contributed by atoms with Gasteiger partial charge in [-0.2, -0.15) is 27.6 Å². The van der Waals surface area contributed by atoms with Gasteiger partial charge >= 0.3 is 28.4 Å². The number of amides is 14. The molecule has 14 amide bonds. The Labute approximate surface area is 797 Å². The van der Waals surface area contributed by atoms with E-state index in [1.54, 1.807) is 0 Å². The van der Waals surface area contributed by atoms with Crippen molar-refractivity contribution in [2.24, 2.45) is 0 Å². The summed E-state index contributed by atoms with van der Waals surface area (Å²) < 4.78 is 7.16. The van der Waals surface area contributed by atoms with Gasteiger partial charge in [0.25, 0.3) is 11.1 Å². The van der Waals surface area contributed by atoms with Crippen LogP contribution in [0.4, 0.5) is 29.1 Å². The van der Waals surface area contributed by atoms with Gasteiger partial charge in [-0.15, -0.1) is 0 Å². The molecule has 9 heterocycles. The fourth-order valence-corrected chi connectivity index (χ4v) is 13.6. The Kier molecular flexibility index (Phi) is 39.8. The zero-order valence-electron chi connectivity index (χ0n) is 76.5. The zero-order valence-corrected chi connectivity index (χ0v) is 77.4. The van der Waals surface area contributed by atoms with E-state index < -0.39 is 273 Å². The van der Waals surface area contributed by atoms with Gasteiger partial charge in [0.1, 0.15) is 87.0 Å². The van der Waals surface area contributed by atoms with E-state index >= 15 is 0 Å². The first-order chi connectivity index (χ1) is 66.8. The number of aryl methyl sites for hydroxylation is 2. The molecule has 0 spiro atoms. The lowest BCUT2D eigenvalue weighted by Crippen LogP contribution is -2.50. The minimum absolute atomic E-state index is 0.00569. The van der Waals surface area contributed by atoms with Gasteiger partial charge in [-0.25, -0.2) is 53.9 Å². The number of aromatic amines is 2. The number of carbonyl (C=O) groups excluding carboxylic acids is 14. The highest BCUT2D eigenvalue weighted by molar-refractivity contribution is 7.80. The van der Waals surface area contributed by atoms with Crippen LogP contribution in [0.15, 0.2) is 108 Å². The molecule has 9 rings (SSSR count). The molecule has 0 aliphatic heterocycles. The first-order valence-corrected chi connectivity index (χ1v) is 44.0. The van der Waals surface area contributed by atoms with E-state index in [1.807, 2.05) is 6.92 Å². The standard InChI is InChI=1S/C80H108N38O21S/c1-4-86-11-21-105(61(126)38-112-18-7-51(81)100-76(112)135)32-55(120)88-14-24-108(64(129)41-115-29-49(2)74(133)103-79(115)138)35-58(123)93-17-27-111(67(132)44-118-48-99-69-71(85)95-46-97-73(69)118)37-60(125)91-15-25-109(65(130)42-116-30-50(3)75(134)104-80(116)139)34-57(122)89-13-23-107(63(128)40-114-20-9-53(83)102-78(114)137)33-56(121)92-16-26-110(66(131)43-117-47-98-68-70(84)94-45-96-72(68)117)36-59(124)90-12-22-106(31-54(119)87-10-5-6-28-140)62(127)39-113-19-8-52(82)101-77(113)136/h7-9,18-20,29-30,45-48,86,140H,4-6,10-17,21-28,31-44H2,1-3H3,(H,87,119)(H,88,120)(H,89,122)(H,90,124)(H,91,125)(H,92,121)(H,93,123)(H2,81,100,135)(H2,82,101,136)(H2,83,102,137)(H2,84,94,96)(H2,85,95,97)(H,103,133,138)(H,104,134,139). The Bertz CT molecular complexity index is 6480. The second-order valence-corrected chi connectivity index (χ2v) is 31.7. The topological polar surface area (TPSA) is 790 Å². The Morgan fingerprint density at radius 3 is 0.864 bits per heavy atom. The van der Waals surface area contributed by atoms with E-state index in [0.717, 1.165) is 83.5 Å². The number of nitrogens with one attached hydrogen (secondary N) is 10. The van der Waals surface area contributed by atoms with Crippen molar-refractivity contribution in [2.75, 3.05) is 185 Å². The molecule has 0 radical (unpaired) electrons. The molecule has 9 aromatic heterocycles. The Balaban J connectivity index is 0.866. The van der Waals surface area contributed by atoms with Crippen molar-refractivity contribution in [2.45, 2.75) is 79.4 Å². The van der Waals surface area contributed by atoms with Crippen molar-refractivity contribution in [1.29, 1.82) is 0 Å². The van der Waals surface area contributed by atoms with Gasteiger partial charge in [-0.05, 0) is 57.2 Å². The van der Waals surface area contributed by atoms with Crippen LogP contribution in [-0.2, 0) is 113 Å². The van der Waals surface area contributed by atoms with Crippen LogP contribution in [-0.4, -0.2) is 360 Å². The van der Waals surface area contributed by atoms with Crippen LogP contribution in [0.1, 0.15) is 30.9 Å². The number of nitrogens with zero attached hydrogens (tertiary/aromatic N) is 23. The first-order valence-electron chi connectivity index (χ1n) is 43.4. The number of unbranched alkanes of at least 4 members (excludes halogenated alkanes) is 1. The van der Waals surface area contributed by atoms with Crippen LogP contribution in [0.25, 0.3) is 22.3 Å². The molecular weight excluding hydrogens is 1860 g/mol. The molecule has 0 saturated carbocycles. The van der Waals surface area contributed by atoms with E-state index in [-0.39, 0.29) is 102 Å². The van der Waals surface area contributed by atoms with Crippen molar-refractivity contribution in [3.05, 3.63) is 159 Å². The number of thiol groups is 1. The molecule has 0 aromatic carbocycles. The van der Waals surface area contributed by atoms with Crippen LogP contribution in [0.5, 0.6) is 0 Å². The van der Waals surface area contributed by atoms with Crippen molar-refractivity contribution >= 4 is 147 Å². The number of nitrogens with two attached hydrogens (primary N) is 5. The Morgan fingerprint density at radius 1 is 0.343 bits per heavy atom. The molecule has 750 valence electrons. The second kappa shape index (κ2) is 52.2. The fourth-order valence-electron chi connectivity index (χ4n) is 13.4. The van der Waals surface area contributed by atoms with Crippen LogP contribution >= 0.6 is 12.6 Å². The van der Waals surface area contributed by atoms with Gasteiger partial charge in [-0.3, -0.25) is 110 Å². The number of rotatable bonds is 54. The predicted molar refractivity (Wildman–Crippen MR) is 499 cm³/mol. The van der Waals surface area contributed by atoms with Gasteiger partial charge in [0.2, 0.25) is 82.7 Å². The molecule has 140 heavy (non-hydrogen) atoms. The number of likely N-dealkylation sites (N-methyl/N-ethyl adjacent to an activating group) is 1. The lowest BCUT2D eigenvalue weighted by Gasteiger charge is -2.26. The molecule has 9 aromatic rings. The average molecular weight is 1970 g/mol. The number of imidazole rings is 2. The normalized spacial score (nSPS) is 11.0. The maximum absolute atomic E-state index is 14.5. The summed E-state index contributed by atoms with van der Waals surface area (Å²) in [5.41, 5.74) is 23.5. The van der Waals surface area contributed by atoms with Crippen molar-refractivity contribution in [3.8, 4) is 0 Å². The lowest BCUT2D eigenvalue weighted by atomic mass is 10.3. The number of hydrogen-bond donors (Lipinski definition) is 16. The molecular formula is C80H108N38O21S. The molecule has 0 saturated heterocycles. The van der Waals surface area contributed by atoms with E-state index in [1.165, 1.54) is 71.1 Å². The number of hydrogen-bond acceptors (Lipinski definition) is 37. The summed E-state index contributed by atoms with van der Waals surface area (Å²) in [6.45, 7) is -8.80. The summed E-state index contributed by atoms with van der Waals surface area (Å²) >= 11 is 4.19. The maximum Gasteiger partial charge on any atom is 0.349 e. The van der Waals surface area contributed by atoms with E-state index in [4.69, 9.17) is 28.7 Å². The molecule has 0 aliphatic carbocycles. The van der Waals surface area contributed by atoms with Crippen LogP contribution in [0.3, 0.4) is 0 Å². The largest absolute Gasteiger partial charge is 0.383 e.